The molecule has 0 spiro atoms. The molecule has 0 bridgehead atoms. The molecule has 1 fully saturated rings. The molecule has 1 nitrogen and oxygen atoms in total. The molecule has 0 aromatic carbocycles. The Hall–Kier alpha value is -0.300. The van der Waals surface area contributed by atoms with Gasteiger partial charge in [0.1, 0.15) is 0 Å². The highest BCUT2D eigenvalue weighted by Crippen LogP contribution is 2.36. The Morgan fingerprint density at radius 3 is 2.58 bits per heavy atom. The molecule has 0 saturated carbocycles. The van der Waals surface area contributed by atoms with Crippen molar-refractivity contribution in [3.8, 4) is 0 Å². The maximum absolute atomic E-state index is 5.58. The maximum atomic E-state index is 5.58. The SMILES string of the molecule is CC(C)=CCC[C@]1(C)OC[C@H]1C. The van der Waals surface area contributed by atoms with Crippen LogP contribution in [-0.4, -0.2) is 12.2 Å². The first kappa shape index (κ1) is 9.79. The Balaban J connectivity index is 2.27. The second-order valence-electron chi connectivity index (χ2n) is 4.34. The van der Waals surface area contributed by atoms with Crippen molar-refractivity contribution >= 4 is 0 Å². The van der Waals surface area contributed by atoms with Crippen LogP contribution in [0, 0.1) is 5.92 Å². The van der Waals surface area contributed by atoms with Gasteiger partial charge < -0.3 is 4.74 Å². The van der Waals surface area contributed by atoms with Crippen molar-refractivity contribution in [2.24, 2.45) is 5.92 Å². The third-order valence-corrected chi connectivity index (χ3v) is 2.90. The molecule has 1 saturated heterocycles. The molecule has 1 heterocycles. The highest BCUT2D eigenvalue weighted by atomic mass is 16.5. The molecule has 0 unspecified atom stereocenters. The van der Waals surface area contributed by atoms with Crippen LogP contribution < -0.4 is 0 Å². The zero-order valence-corrected chi connectivity index (χ0v) is 8.68. The zero-order chi connectivity index (χ0) is 9.19. The second kappa shape index (κ2) is 3.61. The Kier molecular flexibility index (Phi) is 2.94. The van der Waals surface area contributed by atoms with Gasteiger partial charge in [-0.3, -0.25) is 0 Å². The molecule has 0 aromatic heterocycles. The van der Waals surface area contributed by atoms with E-state index in [1.54, 1.807) is 0 Å². The predicted octanol–water partition coefficient (Wildman–Crippen LogP) is 3.16. The first-order valence-electron chi connectivity index (χ1n) is 4.82. The number of hydrogen-bond acceptors (Lipinski definition) is 1. The van der Waals surface area contributed by atoms with E-state index in [0.717, 1.165) is 18.9 Å². The van der Waals surface area contributed by atoms with Crippen LogP contribution in [-0.2, 0) is 4.74 Å². The lowest BCUT2D eigenvalue weighted by Crippen LogP contribution is -2.49. The summed E-state index contributed by atoms with van der Waals surface area (Å²) < 4.78 is 5.58. The van der Waals surface area contributed by atoms with Crippen molar-refractivity contribution in [3.05, 3.63) is 11.6 Å². The summed E-state index contributed by atoms with van der Waals surface area (Å²) in [7, 11) is 0. The van der Waals surface area contributed by atoms with Crippen LogP contribution in [0.25, 0.3) is 0 Å². The molecule has 70 valence electrons. The van der Waals surface area contributed by atoms with Crippen molar-refractivity contribution in [3.63, 3.8) is 0 Å². The predicted molar refractivity (Wildman–Crippen MR) is 52.2 cm³/mol. The monoisotopic (exact) mass is 168 g/mol. The molecule has 0 aliphatic carbocycles. The topological polar surface area (TPSA) is 9.23 Å². The Morgan fingerprint density at radius 2 is 2.25 bits per heavy atom. The number of hydrogen-bond donors (Lipinski definition) is 0. The molecular weight excluding hydrogens is 148 g/mol. The summed E-state index contributed by atoms with van der Waals surface area (Å²) in [5.74, 6) is 0.739. The van der Waals surface area contributed by atoms with Crippen LogP contribution in [0.5, 0.6) is 0 Å². The minimum absolute atomic E-state index is 0.173. The van der Waals surface area contributed by atoms with Gasteiger partial charge in [0.15, 0.2) is 0 Å². The van der Waals surface area contributed by atoms with Gasteiger partial charge in [-0.05, 0) is 33.6 Å². The normalized spacial score (nSPS) is 34.2. The molecule has 0 amide bonds. The van der Waals surface area contributed by atoms with E-state index in [-0.39, 0.29) is 5.60 Å². The molecule has 0 N–H and O–H groups in total. The molecule has 1 heteroatoms. The average Bonchev–Trinajstić information content (AvgIpc) is 2.01. The quantitative estimate of drug-likeness (QED) is 0.588. The minimum Gasteiger partial charge on any atom is -0.375 e. The van der Waals surface area contributed by atoms with Gasteiger partial charge in [-0.1, -0.05) is 18.6 Å². The van der Waals surface area contributed by atoms with Crippen molar-refractivity contribution < 1.29 is 4.74 Å². The molecule has 1 rings (SSSR count). The molecular formula is C11H20O. The summed E-state index contributed by atoms with van der Waals surface area (Å²) in [6, 6.07) is 0. The molecule has 1 aliphatic rings. The van der Waals surface area contributed by atoms with Gasteiger partial charge in [0.25, 0.3) is 0 Å². The fraction of sp³-hybridized carbons (Fsp3) is 0.818. The van der Waals surface area contributed by atoms with Crippen molar-refractivity contribution in [1.29, 1.82) is 0 Å². The Labute approximate surface area is 75.8 Å². The van der Waals surface area contributed by atoms with Crippen LogP contribution in [0.1, 0.15) is 40.5 Å². The first-order valence-corrected chi connectivity index (χ1v) is 4.82. The largest absolute Gasteiger partial charge is 0.375 e. The minimum atomic E-state index is 0.173. The van der Waals surface area contributed by atoms with Gasteiger partial charge in [-0.15, -0.1) is 0 Å². The van der Waals surface area contributed by atoms with E-state index >= 15 is 0 Å². The number of ether oxygens (including phenoxy) is 1. The van der Waals surface area contributed by atoms with Crippen molar-refractivity contribution in [1.82, 2.24) is 0 Å². The smallest absolute Gasteiger partial charge is 0.0704 e. The fourth-order valence-electron chi connectivity index (χ4n) is 1.50. The lowest BCUT2D eigenvalue weighted by Gasteiger charge is -2.45. The number of rotatable bonds is 3. The van der Waals surface area contributed by atoms with Gasteiger partial charge in [-0.25, -0.2) is 0 Å². The van der Waals surface area contributed by atoms with Crippen LogP contribution in [0.15, 0.2) is 11.6 Å². The fourth-order valence-corrected chi connectivity index (χ4v) is 1.50. The maximum Gasteiger partial charge on any atom is 0.0704 e. The lowest BCUT2D eigenvalue weighted by molar-refractivity contribution is -0.188. The number of allylic oxidation sites excluding steroid dienone is 2. The summed E-state index contributed by atoms with van der Waals surface area (Å²) in [5.41, 5.74) is 1.58. The van der Waals surface area contributed by atoms with Gasteiger partial charge in [0.2, 0.25) is 0 Å². The molecule has 2 atom stereocenters. The van der Waals surface area contributed by atoms with Crippen LogP contribution >= 0.6 is 0 Å². The first-order chi connectivity index (χ1) is 5.54. The van der Waals surface area contributed by atoms with Gasteiger partial charge in [0.05, 0.1) is 12.2 Å². The van der Waals surface area contributed by atoms with Crippen molar-refractivity contribution in [2.75, 3.05) is 6.61 Å². The second-order valence-corrected chi connectivity index (χ2v) is 4.34. The summed E-state index contributed by atoms with van der Waals surface area (Å²) in [6.45, 7) is 9.73. The van der Waals surface area contributed by atoms with Crippen LogP contribution in [0.2, 0.25) is 0 Å². The zero-order valence-electron chi connectivity index (χ0n) is 8.68. The van der Waals surface area contributed by atoms with E-state index in [1.807, 2.05) is 0 Å². The Bertz CT molecular complexity index is 179. The highest BCUT2D eigenvalue weighted by molar-refractivity contribution is 4.97. The highest BCUT2D eigenvalue weighted by Gasteiger charge is 2.39. The summed E-state index contributed by atoms with van der Waals surface area (Å²) in [5, 5.41) is 0. The van der Waals surface area contributed by atoms with E-state index in [9.17, 15) is 0 Å². The van der Waals surface area contributed by atoms with Crippen LogP contribution in [0.4, 0.5) is 0 Å². The van der Waals surface area contributed by atoms with E-state index in [0.29, 0.717) is 0 Å². The van der Waals surface area contributed by atoms with Crippen LogP contribution in [0.3, 0.4) is 0 Å². The Morgan fingerprint density at radius 1 is 1.58 bits per heavy atom. The van der Waals surface area contributed by atoms with Gasteiger partial charge in [-0.2, -0.15) is 0 Å². The molecule has 12 heavy (non-hydrogen) atoms. The van der Waals surface area contributed by atoms with E-state index in [1.165, 1.54) is 12.0 Å². The van der Waals surface area contributed by atoms with E-state index < -0.39 is 0 Å². The van der Waals surface area contributed by atoms with Gasteiger partial charge >= 0.3 is 0 Å². The summed E-state index contributed by atoms with van der Waals surface area (Å²) >= 11 is 0. The summed E-state index contributed by atoms with van der Waals surface area (Å²) in [6.07, 6.45) is 4.61. The lowest BCUT2D eigenvalue weighted by atomic mass is 9.82. The third kappa shape index (κ3) is 2.10. The van der Waals surface area contributed by atoms with Gasteiger partial charge in [0, 0.05) is 5.92 Å². The molecule has 0 aromatic rings. The van der Waals surface area contributed by atoms with E-state index in [2.05, 4.69) is 33.8 Å². The van der Waals surface area contributed by atoms with E-state index in [4.69, 9.17) is 4.74 Å². The molecule has 0 radical (unpaired) electrons. The standard InChI is InChI=1S/C11H20O/c1-9(2)6-5-7-11(4)10(3)8-12-11/h6,10H,5,7-8H2,1-4H3/t10-,11+/m1/s1. The third-order valence-electron chi connectivity index (χ3n) is 2.90. The molecule has 1 aliphatic heterocycles. The van der Waals surface area contributed by atoms with Crippen molar-refractivity contribution in [2.45, 2.75) is 46.1 Å². The summed E-state index contributed by atoms with van der Waals surface area (Å²) in [4.78, 5) is 0. The average molecular weight is 168 g/mol.